The molecule has 51 heavy (non-hydrogen) atoms. The largest absolute Gasteiger partial charge is 0.367 e. The molecular formula is C37H37N2O9S3+. The molecular weight excluding hydrogens is 713 g/mol. The Morgan fingerprint density at radius 1 is 0.647 bits per heavy atom. The number of benzene rings is 4. The smallest absolute Gasteiger partial charge is 0.294 e. The minimum absolute atomic E-state index is 0.161. The van der Waals surface area contributed by atoms with Crippen molar-refractivity contribution in [2.45, 2.75) is 41.6 Å². The van der Waals surface area contributed by atoms with Gasteiger partial charge in [-0.05, 0) is 96.3 Å². The van der Waals surface area contributed by atoms with Crippen LogP contribution in [0.25, 0.3) is 5.57 Å². The first kappa shape index (κ1) is 37.6. The van der Waals surface area contributed by atoms with Crippen LogP contribution in [-0.4, -0.2) is 62.3 Å². The number of nitrogens with zero attached hydrogens (tertiary/aromatic N) is 2. The number of hydrogen-bond acceptors (Lipinski definition) is 7. The summed E-state index contributed by atoms with van der Waals surface area (Å²) in [5.41, 5.74) is 5.45. The summed E-state index contributed by atoms with van der Waals surface area (Å²) in [5, 5.41) is 0. The Balaban J connectivity index is 1.54. The van der Waals surface area contributed by atoms with E-state index in [1.54, 1.807) is 42.5 Å². The van der Waals surface area contributed by atoms with Crippen molar-refractivity contribution in [2.24, 2.45) is 0 Å². The molecule has 1 aliphatic rings. The van der Waals surface area contributed by atoms with Crippen LogP contribution in [0.4, 0.5) is 5.69 Å². The van der Waals surface area contributed by atoms with Crippen LogP contribution in [0.1, 0.15) is 36.1 Å². The first-order chi connectivity index (χ1) is 24.1. The third-order valence-electron chi connectivity index (χ3n) is 8.41. The Labute approximate surface area is 298 Å². The monoisotopic (exact) mass is 749 g/mol. The van der Waals surface area contributed by atoms with Gasteiger partial charge in [-0.25, -0.2) is 4.58 Å². The van der Waals surface area contributed by atoms with E-state index in [1.807, 2.05) is 71.9 Å². The molecule has 5 rings (SSSR count). The highest BCUT2D eigenvalue weighted by atomic mass is 32.2. The van der Waals surface area contributed by atoms with E-state index in [2.05, 4.69) is 0 Å². The van der Waals surface area contributed by atoms with Gasteiger partial charge in [0.15, 0.2) is 12.3 Å². The molecule has 0 spiro atoms. The van der Waals surface area contributed by atoms with E-state index < -0.39 is 30.4 Å². The van der Waals surface area contributed by atoms with Gasteiger partial charge in [-0.15, -0.1) is 0 Å². The van der Waals surface area contributed by atoms with E-state index in [-0.39, 0.29) is 21.2 Å². The number of anilines is 1. The van der Waals surface area contributed by atoms with E-state index in [0.717, 1.165) is 22.5 Å². The highest BCUT2D eigenvalue weighted by molar-refractivity contribution is 7.86. The highest BCUT2D eigenvalue weighted by Gasteiger charge is 2.20. The zero-order valence-electron chi connectivity index (χ0n) is 27.8. The fraction of sp³-hybridized carbons (Fsp3) is 0.162. The van der Waals surface area contributed by atoms with Gasteiger partial charge in [0.2, 0.25) is 0 Å². The Morgan fingerprint density at radius 3 is 1.84 bits per heavy atom. The van der Waals surface area contributed by atoms with Crippen molar-refractivity contribution in [2.75, 3.05) is 18.0 Å². The number of rotatable bonds is 12. The molecule has 0 unspecified atom stereocenters. The molecule has 266 valence electrons. The third-order valence-corrected chi connectivity index (χ3v) is 11.1. The van der Waals surface area contributed by atoms with E-state index in [9.17, 15) is 38.9 Å². The van der Waals surface area contributed by atoms with Crippen molar-refractivity contribution in [1.29, 1.82) is 0 Å². The second kappa shape index (κ2) is 15.3. The Morgan fingerprint density at radius 2 is 1.25 bits per heavy atom. The molecule has 0 aliphatic heterocycles. The summed E-state index contributed by atoms with van der Waals surface area (Å²) in [4.78, 5) is 1.34. The molecule has 0 saturated heterocycles. The summed E-state index contributed by atoms with van der Waals surface area (Å²) in [6, 6.07) is 25.8. The van der Waals surface area contributed by atoms with Gasteiger partial charge < -0.3 is 4.90 Å². The van der Waals surface area contributed by atoms with Crippen LogP contribution in [0.3, 0.4) is 0 Å². The molecule has 0 atom stereocenters. The summed E-state index contributed by atoms with van der Waals surface area (Å²) in [7, 11) is -13.3. The summed E-state index contributed by atoms with van der Waals surface area (Å²) in [6.45, 7) is 5.59. The van der Waals surface area contributed by atoms with Crippen LogP contribution in [0.15, 0.2) is 142 Å². The minimum atomic E-state index is -4.49. The van der Waals surface area contributed by atoms with Gasteiger partial charge in [0.1, 0.15) is 6.54 Å². The molecule has 3 N–H and O–H groups in total. The zero-order valence-corrected chi connectivity index (χ0v) is 30.2. The lowest BCUT2D eigenvalue weighted by molar-refractivity contribution is -0.539. The van der Waals surface area contributed by atoms with Gasteiger partial charge in [0.05, 0.1) is 14.7 Å². The Kier molecular flexibility index (Phi) is 11.2. The zero-order chi connectivity index (χ0) is 37.0. The van der Waals surface area contributed by atoms with E-state index >= 15 is 0 Å². The Bertz CT molecular complexity index is 2400. The maximum Gasteiger partial charge on any atom is 0.294 e. The van der Waals surface area contributed by atoms with Crippen molar-refractivity contribution in [3.05, 3.63) is 149 Å². The van der Waals surface area contributed by atoms with Crippen LogP contribution in [-0.2, 0) is 43.4 Å². The first-order valence-electron chi connectivity index (χ1n) is 15.9. The first-order valence-corrected chi connectivity index (χ1v) is 20.2. The summed E-state index contributed by atoms with van der Waals surface area (Å²) in [6.07, 6.45) is 7.58. The second-order valence-electron chi connectivity index (χ2n) is 11.7. The van der Waals surface area contributed by atoms with Crippen LogP contribution in [0, 0.1) is 0 Å². The van der Waals surface area contributed by atoms with E-state index in [0.29, 0.717) is 41.9 Å². The standard InChI is InChI=1S/C37H36N2O9S3/c1-3-38(25-27-9-7-12-34(23-27)49(40,41)42)32-19-15-28(16-20-32)37(30-11-8-13-35(24-30)50(43,44)45)29-17-21-33(22-18-29)39(4-2)26-31-10-5-6-14-36(31)51(46,47)48/h5-24H,3-4,25-26H2,1-2H3,(H2-,40,41,42,43,44,45,46,47,48)/p+1. The molecule has 0 saturated carbocycles. The maximum absolute atomic E-state index is 12.1. The van der Waals surface area contributed by atoms with Crippen LogP contribution >= 0.6 is 0 Å². The topological polar surface area (TPSA) is 169 Å². The van der Waals surface area contributed by atoms with Gasteiger partial charge in [0.25, 0.3) is 30.4 Å². The fourth-order valence-corrected chi connectivity index (χ4v) is 7.67. The van der Waals surface area contributed by atoms with Crippen molar-refractivity contribution < 1.29 is 43.5 Å². The molecule has 4 aromatic carbocycles. The number of hydrogen-bond donors (Lipinski definition) is 3. The minimum Gasteiger partial charge on any atom is -0.367 e. The lowest BCUT2D eigenvalue weighted by atomic mass is 9.90. The van der Waals surface area contributed by atoms with E-state index in [4.69, 9.17) is 0 Å². The SMILES string of the molecule is CCN(Cc1ccccc1S(=O)(=O)O)c1ccc(C(=C2C=CC(=[N+](CC)Cc3cccc(S(=O)(=O)O)c3)C=C2)c2cccc(S(=O)(=O)O)c2)cc1. The highest BCUT2D eigenvalue weighted by Crippen LogP contribution is 2.33. The molecule has 1 aliphatic carbocycles. The second-order valence-corrected chi connectivity index (χ2v) is 15.9. The van der Waals surface area contributed by atoms with Crippen molar-refractivity contribution in [1.82, 2.24) is 0 Å². The molecule has 0 aromatic heterocycles. The molecule has 0 fully saturated rings. The molecule has 14 heteroatoms. The quantitative estimate of drug-likeness (QED) is 0.114. The summed E-state index contributed by atoms with van der Waals surface area (Å²) in [5.74, 6) is 0. The van der Waals surface area contributed by atoms with Crippen molar-refractivity contribution in [3.63, 3.8) is 0 Å². The molecule has 4 aromatic rings. The molecule has 0 bridgehead atoms. The van der Waals surface area contributed by atoms with Gasteiger partial charge in [0, 0.05) is 36.5 Å². The molecule has 0 heterocycles. The van der Waals surface area contributed by atoms with Gasteiger partial charge in [-0.3, -0.25) is 13.7 Å². The van der Waals surface area contributed by atoms with Crippen LogP contribution < -0.4 is 4.90 Å². The van der Waals surface area contributed by atoms with Crippen LogP contribution in [0.2, 0.25) is 0 Å². The predicted octanol–water partition coefficient (Wildman–Crippen LogP) is 6.05. The summed E-state index contributed by atoms with van der Waals surface area (Å²) >= 11 is 0. The Hall–Kier alpha value is -4.70. The molecule has 0 radical (unpaired) electrons. The summed E-state index contributed by atoms with van der Waals surface area (Å²) < 4.78 is 103. The maximum atomic E-state index is 12.1. The van der Waals surface area contributed by atoms with Gasteiger partial charge in [-0.2, -0.15) is 25.3 Å². The van der Waals surface area contributed by atoms with Crippen LogP contribution in [0.5, 0.6) is 0 Å². The van der Waals surface area contributed by atoms with Gasteiger partial charge >= 0.3 is 0 Å². The lowest BCUT2D eigenvalue weighted by Crippen LogP contribution is -2.23. The fourth-order valence-electron chi connectivity index (χ4n) is 5.88. The van der Waals surface area contributed by atoms with Gasteiger partial charge in [-0.1, -0.05) is 54.6 Å². The normalized spacial score (nSPS) is 13.4. The lowest BCUT2D eigenvalue weighted by Gasteiger charge is -2.25. The van der Waals surface area contributed by atoms with Crippen molar-refractivity contribution >= 4 is 47.3 Å². The predicted molar refractivity (Wildman–Crippen MR) is 196 cm³/mol. The number of allylic oxidation sites excluding steroid dienone is 5. The third kappa shape index (κ3) is 9.16. The molecule has 11 nitrogen and oxygen atoms in total. The van der Waals surface area contributed by atoms with E-state index in [1.165, 1.54) is 30.3 Å². The average molecular weight is 750 g/mol. The molecule has 0 amide bonds. The average Bonchev–Trinajstić information content (AvgIpc) is 3.10. The van der Waals surface area contributed by atoms with Crippen molar-refractivity contribution in [3.8, 4) is 0 Å².